The van der Waals surface area contributed by atoms with E-state index in [1.54, 1.807) is 13.8 Å². The van der Waals surface area contributed by atoms with E-state index < -0.39 is 43.3 Å². The van der Waals surface area contributed by atoms with E-state index in [-0.39, 0.29) is 56.9 Å². The molecule has 0 saturated heterocycles. The van der Waals surface area contributed by atoms with Crippen LogP contribution >= 0.6 is 0 Å². The third-order valence-electron chi connectivity index (χ3n) is 5.87. The van der Waals surface area contributed by atoms with Crippen LogP contribution in [0, 0.1) is 13.8 Å². The third-order valence-corrected chi connectivity index (χ3v) is 9.19. The SMILES string of the molecule is COc1ccc2nc(S(=O)(=O)Cc3ncc(C)c(OC)c3C)n(S(=O)(=O)c3ccc(OCC(=O)O)cc3)c2c1.[NaH]. The van der Waals surface area contributed by atoms with E-state index in [4.69, 9.17) is 19.3 Å². The molecular weight excluding hydrogens is 573 g/mol. The van der Waals surface area contributed by atoms with Gasteiger partial charge in [-0.05, 0) is 50.2 Å². The van der Waals surface area contributed by atoms with Crippen molar-refractivity contribution in [3.63, 3.8) is 0 Å². The summed E-state index contributed by atoms with van der Waals surface area (Å²) in [4.78, 5) is 18.9. The fourth-order valence-electron chi connectivity index (χ4n) is 3.99. The van der Waals surface area contributed by atoms with Crippen molar-refractivity contribution in [1.82, 2.24) is 13.9 Å². The molecule has 0 aliphatic carbocycles. The molecule has 2 aromatic heterocycles. The Labute approximate surface area is 253 Å². The molecule has 208 valence electrons. The number of aliphatic carboxylic acids is 1. The molecule has 0 saturated carbocycles. The minimum absolute atomic E-state index is 0. The van der Waals surface area contributed by atoms with Crippen molar-refractivity contribution in [2.75, 3.05) is 20.8 Å². The number of hydrogen-bond donors (Lipinski definition) is 1. The summed E-state index contributed by atoms with van der Waals surface area (Å²) in [5, 5.41) is 8.09. The first-order chi connectivity index (χ1) is 18.4. The van der Waals surface area contributed by atoms with Crippen LogP contribution in [0.4, 0.5) is 0 Å². The van der Waals surface area contributed by atoms with Crippen molar-refractivity contribution in [2.45, 2.75) is 29.7 Å². The van der Waals surface area contributed by atoms with Crippen LogP contribution in [0.5, 0.6) is 17.2 Å². The van der Waals surface area contributed by atoms with Gasteiger partial charge in [-0.2, -0.15) is 0 Å². The van der Waals surface area contributed by atoms with Crippen molar-refractivity contribution >= 4 is 66.4 Å². The average molecular weight is 600 g/mol. The van der Waals surface area contributed by atoms with E-state index >= 15 is 0 Å². The molecule has 2 aromatic carbocycles. The maximum atomic E-state index is 13.9. The number of sulfone groups is 1. The van der Waals surface area contributed by atoms with Gasteiger partial charge in [0.1, 0.15) is 23.0 Å². The molecule has 0 unspecified atom stereocenters. The fraction of sp³-hybridized carbons (Fsp3) is 0.240. The number of rotatable bonds is 10. The summed E-state index contributed by atoms with van der Waals surface area (Å²) in [6.07, 6.45) is 1.48. The number of nitrogens with zero attached hydrogens (tertiary/aromatic N) is 3. The zero-order chi connectivity index (χ0) is 28.5. The van der Waals surface area contributed by atoms with E-state index in [2.05, 4.69) is 9.97 Å². The van der Waals surface area contributed by atoms with Gasteiger partial charge in [0, 0.05) is 23.4 Å². The molecule has 0 bridgehead atoms. The molecule has 2 heterocycles. The Kier molecular flexibility index (Phi) is 9.52. The number of ether oxygens (including phenoxy) is 3. The first kappa shape index (κ1) is 31.4. The second-order valence-electron chi connectivity index (χ2n) is 8.48. The summed E-state index contributed by atoms with van der Waals surface area (Å²) >= 11 is 0. The van der Waals surface area contributed by atoms with Gasteiger partial charge in [-0.1, -0.05) is 0 Å². The number of fused-ring (bicyclic) bond motifs is 1. The summed E-state index contributed by atoms with van der Waals surface area (Å²) in [5.41, 5.74) is 1.51. The third kappa shape index (κ3) is 6.10. The van der Waals surface area contributed by atoms with Gasteiger partial charge in [0.05, 0.1) is 35.8 Å². The first-order valence-corrected chi connectivity index (χ1v) is 14.5. The molecule has 15 heteroatoms. The summed E-state index contributed by atoms with van der Waals surface area (Å²) in [6, 6.07) is 9.29. The maximum absolute atomic E-state index is 13.9. The van der Waals surface area contributed by atoms with Gasteiger partial charge >= 0.3 is 35.5 Å². The van der Waals surface area contributed by atoms with Gasteiger partial charge in [0.2, 0.25) is 15.0 Å². The van der Waals surface area contributed by atoms with E-state index in [1.807, 2.05) is 0 Å². The van der Waals surface area contributed by atoms with Gasteiger partial charge in [-0.3, -0.25) is 4.98 Å². The summed E-state index contributed by atoms with van der Waals surface area (Å²) in [5.74, 6) is -0.937. The standard InChI is InChI=1S/C25H25N3O9S2.Na.H/c1-15-12-26-21(16(2)24(15)36-4)14-38(31,32)25-27-20-10-7-18(35-3)11-22(20)28(25)39(33,34)19-8-5-17(6-9-19)37-13-23(29)30;;/h5-12H,13-14H2,1-4H3,(H,29,30);;. The van der Waals surface area contributed by atoms with Crippen LogP contribution in [0.2, 0.25) is 0 Å². The molecule has 0 amide bonds. The minimum atomic E-state index is -4.53. The van der Waals surface area contributed by atoms with Crippen LogP contribution in [-0.2, 0) is 30.4 Å². The molecular formula is C25H26N3NaO9S2. The number of aromatic nitrogens is 3. The number of methoxy groups -OCH3 is 2. The second kappa shape index (κ2) is 12.1. The number of carboxylic acid groups (broad SMARTS) is 1. The zero-order valence-corrected chi connectivity index (χ0v) is 23.0. The average Bonchev–Trinajstić information content (AvgIpc) is 3.30. The van der Waals surface area contributed by atoms with E-state index in [0.717, 1.165) is 0 Å². The molecule has 0 aliphatic heterocycles. The molecule has 40 heavy (non-hydrogen) atoms. The van der Waals surface area contributed by atoms with Gasteiger partial charge in [-0.15, -0.1) is 0 Å². The number of aryl methyl sites for hydroxylation is 1. The van der Waals surface area contributed by atoms with Gasteiger partial charge in [-0.25, -0.2) is 30.6 Å². The summed E-state index contributed by atoms with van der Waals surface area (Å²) < 4.78 is 71.5. The number of carboxylic acids is 1. The molecule has 1 N–H and O–H groups in total. The molecule has 0 aliphatic rings. The van der Waals surface area contributed by atoms with Crippen molar-refractivity contribution in [3.05, 3.63) is 65.5 Å². The quantitative estimate of drug-likeness (QED) is 0.266. The van der Waals surface area contributed by atoms with Crippen LogP contribution in [0.25, 0.3) is 11.0 Å². The zero-order valence-electron chi connectivity index (χ0n) is 21.4. The van der Waals surface area contributed by atoms with Crippen LogP contribution in [0.1, 0.15) is 16.8 Å². The molecule has 0 atom stereocenters. The normalized spacial score (nSPS) is 11.6. The van der Waals surface area contributed by atoms with E-state index in [0.29, 0.717) is 26.6 Å². The predicted molar refractivity (Wildman–Crippen MR) is 147 cm³/mol. The van der Waals surface area contributed by atoms with Gasteiger partial charge in [0.15, 0.2) is 6.61 Å². The Morgan fingerprint density at radius 3 is 2.23 bits per heavy atom. The molecule has 12 nitrogen and oxygen atoms in total. The number of hydrogen-bond acceptors (Lipinski definition) is 10. The van der Waals surface area contributed by atoms with Crippen molar-refractivity contribution in [3.8, 4) is 17.2 Å². The first-order valence-electron chi connectivity index (χ1n) is 11.4. The number of benzene rings is 2. The van der Waals surface area contributed by atoms with Crippen LogP contribution in [0.15, 0.2) is 58.7 Å². The van der Waals surface area contributed by atoms with Crippen LogP contribution in [-0.4, -0.2) is 92.2 Å². The van der Waals surface area contributed by atoms with Crippen molar-refractivity contribution < 1.29 is 40.9 Å². The fourth-order valence-corrected chi connectivity index (χ4v) is 7.33. The number of pyridine rings is 1. The molecule has 4 rings (SSSR count). The van der Waals surface area contributed by atoms with Gasteiger partial charge < -0.3 is 19.3 Å². The van der Waals surface area contributed by atoms with Crippen LogP contribution < -0.4 is 14.2 Å². The van der Waals surface area contributed by atoms with E-state index in [9.17, 15) is 21.6 Å². The van der Waals surface area contributed by atoms with Crippen molar-refractivity contribution in [2.24, 2.45) is 0 Å². The van der Waals surface area contributed by atoms with E-state index in [1.165, 1.54) is 62.9 Å². The molecule has 0 fully saturated rings. The van der Waals surface area contributed by atoms with Crippen LogP contribution in [0.3, 0.4) is 0 Å². The second-order valence-corrected chi connectivity index (χ2v) is 12.1. The Morgan fingerprint density at radius 2 is 1.62 bits per heavy atom. The Hall–Kier alpha value is -3.17. The summed E-state index contributed by atoms with van der Waals surface area (Å²) in [6.45, 7) is 2.83. The monoisotopic (exact) mass is 599 g/mol. The number of carbonyl (C=O) groups is 1. The molecule has 0 spiro atoms. The Bertz CT molecular complexity index is 1790. The molecule has 4 aromatic rings. The topological polar surface area (TPSA) is 164 Å². The Morgan fingerprint density at radius 1 is 0.975 bits per heavy atom. The predicted octanol–water partition coefficient (Wildman–Crippen LogP) is 2.09. The Balaban J connectivity index is 0.00000441. The summed E-state index contributed by atoms with van der Waals surface area (Å²) in [7, 11) is -6.05. The molecule has 0 radical (unpaired) electrons. The van der Waals surface area contributed by atoms with Crippen molar-refractivity contribution in [1.29, 1.82) is 0 Å². The number of imidazole rings is 1. The van der Waals surface area contributed by atoms with Gasteiger partial charge in [0.25, 0.3) is 10.0 Å².